The molecule has 2 heterocycles. The number of carbonyl (C=O) groups excluding carboxylic acids is 2. The lowest BCUT2D eigenvalue weighted by molar-refractivity contribution is -0.150. The van der Waals surface area contributed by atoms with Gasteiger partial charge in [-0.25, -0.2) is 4.98 Å². The third-order valence-corrected chi connectivity index (χ3v) is 4.51. The van der Waals surface area contributed by atoms with E-state index in [4.69, 9.17) is 21.6 Å². The number of pyridine rings is 2. The largest absolute Gasteiger partial charge is 0.452 e. The molecule has 1 amide bonds. The molecule has 1 atom stereocenters. The van der Waals surface area contributed by atoms with E-state index in [2.05, 4.69) is 15.3 Å². The first-order chi connectivity index (χ1) is 12.8. The van der Waals surface area contributed by atoms with E-state index in [0.717, 1.165) is 11.8 Å². The van der Waals surface area contributed by atoms with Crippen LogP contribution in [0.5, 0.6) is 0 Å². The van der Waals surface area contributed by atoms with Crippen molar-refractivity contribution in [3.05, 3.63) is 50.9 Å². The van der Waals surface area contributed by atoms with Crippen molar-refractivity contribution >= 4 is 41.1 Å². The zero-order valence-electron chi connectivity index (χ0n) is 14.4. The van der Waals surface area contributed by atoms with Gasteiger partial charge in [0.05, 0.1) is 21.4 Å². The van der Waals surface area contributed by atoms with E-state index in [-0.39, 0.29) is 27.7 Å². The highest BCUT2D eigenvalue weighted by atomic mass is 35.5. The minimum absolute atomic E-state index is 0.176. The van der Waals surface area contributed by atoms with Gasteiger partial charge in [0.1, 0.15) is 11.9 Å². The summed E-state index contributed by atoms with van der Waals surface area (Å²) in [5.74, 6) is -1.12. The van der Waals surface area contributed by atoms with Crippen molar-refractivity contribution in [2.24, 2.45) is 0 Å². The molecule has 2 rings (SSSR count). The normalized spacial score (nSPS) is 11.3. The van der Waals surface area contributed by atoms with Gasteiger partial charge in [0.25, 0.3) is 5.91 Å². The van der Waals surface area contributed by atoms with Gasteiger partial charge < -0.3 is 15.0 Å². The van der Waals surface area contributed by atoms with Crippen LogP contribution in [0, 0.1) is 18.3 Å². The van der Waals surface area contributed by atoms with Gasteiger partial charge in [-0.1, -0.05) is 23.4 Å². The van der Waals surface area contributed by atoms with Gasteiger partial charge in [0.2, 0.25) is 5.56 Å². The molecule has 0 bridgehead atoms. The molecule has 10 heteroatoms. The number of hydrogen-bond donors (Lipinski definition) is 2. The second-order valence-electron chi connectivity index (χ2n) is 5.40. The Kier molecular flexibility index (Phi) is 6.98. The molecule has 0 saturated carbocycles. The summed E-state index contributed by atoms with van der Waals surface area (Å²) >= 11 is 6.67. The number of aromatic amines is 1. The van der Waals surface area contributed by atoms with Gasteiger partial charge in [0.15, 0.2) is 6.10 Å². The first-order valence-electron chi connectivity index (χ1n) is 7.69. The Balaban J connectivity index is 1.92. The van der Waals surface area contributed by atoms with E-state index >= 15 is 0 Å². The number of aryl methyl sites for hydroxylation is 1. The van der Waals surface area contributed by atoms with Crippen LogP contribution in [0.15, 0.2) is 34.2 Å². The number of amides is 1. The Morgan fingerprint density at radius 3 is 2.85 bits per heavy atom. The zero-order chi connectivity index (χ0) is 20.0. The summed E-state index contributed by atoms with van der Waals surface area (Å²) in [4.78, 5) is 42.0. The minimum atomic E-state index is -1.05. The second-order valence-corrected chi connectivity index (χ2v) is 6.83. The summed E-state index contributed by atoms with van der Waals surface area (Å²) < 4.78 is 5.06. The number of rotatable bonds is 6. The fourth-order valence-corrected chi connectivity index (χ4v) is 2.96. The lowest BCUT2D eigenvalue weighted by atomic mass is 10.2. The number of H-pyrrole nitrogens is 1. The number of halogens is 1. The Bertz CT molecular complexity index is 953. The summed E-state index contributed by atoms with van der Waals surface area (Å²) in [5.41, 5.74) is 0.429. The molecule has 0 saturated heterocycles. The molecule has 140 valence electrons. The number of anilines is 1. The van der Waals surface area contributed by atoms with Crippen LogP contribution in [0.3, 0.4) is 0 Å². The Morgan fingerprint density at radius 2 is 2.22 bits per heavy atom. The molecule has 0 aromatic carbocycles. The summed E-state index contributed by atoms with van der Waals surface area (Å²) in [7, 11) is 0. The fraction of sp³-hybridized carbons (Fsp3) is 0.235. The third-order valence-electron chi connectivity index (χ3n) is 3.31. The molecule has 0 unspecified atom stereocenters. The Hall–Kier alpha value is -2.83. The Morgan fingerprint density at radius 1 is 1.48 bits per heavy atom. The molecule has 0 fully saturated rings. The van der Waals surface area contributed by atoms with Crippen molar-refractivity contribution in [1.29, 1.82) is 5.26 Å². The number of ether oxygens (including phenoxy) is 1. The van der Waals surface area contributed by atoms with Gasteiger partial charge in [-0.3, -0.25) is 14.4 Å². The maximum atomic E-state index is 12.0. The fourth-order valence-electron chi connectivity index (χ4n) is 2.00. The highest BCUT2D eigenvalue weighted by Gasteiger charge is 2.19. The predicted octanol–water partition coefficient (Wildman–Crippen LogP) is 2.27. The monoisotopic (exact) mass is 406 g/mol. The number of carbonyl (C=O) groups is 2. The van der Waals surface area contributed by atoms with Crippen LogP contribution in [0.2, 0.25) is 5.02 Å². The number of hydrogen-bond acceptors (Lipinski definition) is 7. The predicted molar refractivity (Wildman–Crippen MR) is 101 cm³/mol. The number of nitriles is 1. The van der Waals surface area contributed by atoms with Crippen molar-refractivity contribution in [2.75, 3.05) is 11.1 Å². The average molecular weight is 407 g/mol. The summed E-state index contributed by atoms with van der Waals surface area (Å²) in [5, 5.41) is 12.4. The van der Waals surface area contributed by atoms with Crippen LogP contribution >= 0.6 is 23.4 Å². The molecule has 27 heavy (non-hydrogen) atoms. The van der Waals surface area contributed by atoms with E-state index in [1.54, 1.807) is 13.0 Å². The molecule has 0 radical (unpaired) electrons. The molecule has 0 aliphatic heterocycles. The van der Waals surface area contributed by atoms with Crippen LogP contribution in [0.4, 0.5) is 5.82 Å². The molecular weight excluding hydrogens is 392 g/mol. The van der Waals surface area contributed by atoms with E-state index in [1.165, 1.54) is 25.3 Å². The van der Waals surface area contributed by atoms with Gasteiger partial charge in [-0.2, -0.15) is 5.26 Å². The summed E-state index contributed by atoms with van der Waals surface area (Å²) in [6.07, 6.45) is 0.322. The van der Waals surface area contributed by atoms with E-state index in [9.17, 15) is 14.4 Å². The van der Waals surface area contributed by atoms with Crippen LogP contribution in [-0.4, -0.2) is 33.7 Å². The van der Waals surface area contributed by atoms with Gasteiger partial charge in [-0.15, -0.1) is 0 Å². The highest BCUT2D eigenvalue weighted by Crippen LogP contribution is 2.21. The van der Waals surface area contributed by atoms with E-state index in [1.807, 2.05) is 6.07 Å². The number of nitrogens with one attached hydrogen (secondary N) is 2. The lowest BCUT2D eigenvalue weighted by Crippen LogP contribution is -2.30. The van der Waals surface area contributed by atoms with E-state index < -0.39 is 18.0 Å². The molecule has 0 aliphatic rings. The van der Waals surface area contributed by atoms with Crippen molar-refractivity contribution < 1.29 is 14.3 Å². The maximum absolute atomic E-state index is 12.0. The minimum Gasteiger partial charge on any atom is -0.452 e. The standard InChI is InChI=1S/C17H15ClN4O4S/c1-9-5-14(23)22-17(12(9)6-19)27-8-15(24)26-10(2)16(25)21-13-4-3-11(18)7-20-13/h3-5,7,10H,8H2,1-2H3,(H,22,23)(H,20,21,25)/t10-/m0/s1. The molecular formula is C17H15ClN4O4S. The SMILES string of the molecule is Cc1cc(=O)[nH]c(SCC(=O)O[C@@H](C)C(=O)Nc2ccc(Cl)cn2)c1C#N. The maximum Gasteiger partial charge on any atom is 0.317 e. The van der Waals surface area contributed by atoms with Crippen LogP contribution < -0.4 is 10.9 Å². The quantitative estimate of drug-likeness (QED) is 0.556. The zero-order valence-corrected chi connectivity index (χ0v) is 16.0. The topological polar surface area (TPSA) is 125 Å². The van der Waals surface area contributed by atoms with Gasteiger partial charge in [0, 0.05) is 12.3 Å². The first-order valence-corrected chi connectivity index (χ1v) is 9.05. The third kappa shape index (κ3) is 5.84. The Labute approximate surface area is 163 Å². The second kappa shape index (κ2) is 9.21. The molecule has 2 aromatic rings. The number of aromatic nitrogens is 2. The van der Waals surface area contributed by atoms with Gasteiger partial charge >= 0.3 is 5.97 Å². The number of esters is 1. The van der Waals surface area contributed by atoms with Crippen LogP contribution in [0.1, 0.15) is 18.1 Å². The van der Waals surface area contributed by atoms with Crippen molar-refractivity contribution in [2.45, 2.75) is 25.0 Å². The molecule has 0 spiro atoms. The van der Waals surface area contributed by atoms with E-state index in [0.29, 0.717) is 10.6 Å². The molecule has 2 N–H and O–H groups in total. The molecule has 2 aromatic heterocycles. The smallest absolute Gasteiger partial charge is 0.317 e. The molecule has 0 aliphatic carbocycles. The van der Waals surface area contributed by atoms with Crippen molar-refractivity contribution in [1.82, 2.24) is 9.97 Å². The van der Waals surface area contributed by atoms with Gasteiger partial charge in [-0.05, 0) is 31.5 Å². The van der Waals surface area contributed by atoms with Crippen LogP contribution in [-0.2, 0) is 14.3 Å². The first kappa shape index (κ1) is 20.5. The van der Waals surface area contributed by atoms with Crippen molar-refractivity contribution in [3.63, 3.8) is 0 Å². The molecule has 8 nitrogen and oxygen atoms in total. The number of thioether (sulfide) groups is 1. The number of nitrogens with zero attached hydrogens (tertiary/aromatic N) is 2. The lowest BCUT2D eigenvalue weighted by Gasteiger charge is -2.13. The average Bonchev–Trinajstić information content (AvgIpc) is 2.61. The summed E-state index contributed by atoms with van der Waals surface area (Å²) in [6, 6.07) is 6.36. The van der Waals surface area contributed by atoms with Crippen LogP contribution in [0.25, 0.3) is 0 Å². The highest BCUT2D eigenvalue weighted by molar-refractivity contribution is 7.99. The van der Waals surface area contributed by atoms with Crippen molar-refractivity contribution in [3.8, 4) is 6.07 Å². The summed E-state index contributed by atoms with van der Waals surface area (Å²) in [6.45, 7) is 3.05.